The summed E-state index contributed by atoms with van der Waals surface area (Å²) in [6.07, 6.45) is 0. The van der Waals surface area contributed by atoms with Crippen LogP contribution in [0.15, 0.2) is 30.3 Å². The van der Waals surface area contributed by atoms with Crippen molar-refractivity contribution in [3.63, 3.8) is 0 Å². The maximum absolute atomic E-state index is 5.99. The van der Waals surface area contributed by atoms with Crippen molar-refractivity contribution >= 4 is 31.0 Å². The van der Waals surface area contributed by atoms with Gasteiger partial charge in [-0.1, -0.05) is 0 Å². The molecule has 0 aliphatic rings. The summed E-state index contributed by atoms with van der Waals surface area (Å²) in [6, 6.07) is 10.6. The Hall–Kier alpha value is 0.0295. The quantitative estimate of drug-likeness (QED) is 0.569. The summed E-state index contributed by atoms with van der Waals surface area (Å²) in [5.74, 6) is 0. The van der Waals surface area contributed by atoms with Crippen molar-refractivity contribution in [3.05, 3.63) is 30.3 Å². The first kappa shape index (κ1) is 10.1. The molecule has 0 aromatic heterocycles. The Morgan fingerprint density at radius 1 is 1.17 bits per heavy atom. The zero-order chi connectivity index (χ0) is 8.97. The monoisotopic (exact) mass is 248 g/mol. The molecule has 0 aliphatic carbocycles. The van der Waals surface area contributed by atoms with E-state index in [1.807, 2.05) is 6.07 Å². The zero-order valence-electron chi connectivity index (χ0n) is 7.33. The number of alkyl halides is 1. The second kappa shape index (κ2) is 4.91. The van der Waals surface area contributed by atoms with Gasteiger partial charge in [0.05, 0.1) is 0 Å². The van der Waals surface area contributed by atoms with Crippen molar-refractivity contribution in [2.45, 2.75) is 24.0 Å². The van der Waals surface area contributed by atoms with Gasteiger partial charge in [0.25, 0.3) is 0 Å². The van der Waals surface area contributed by atoms with Gasteiger partial charge in [-0.3, -0.25) is 0 Å². The molecule has 1 aromatic carbocycles. The fourth-order valence-corrected chi connectivity index (χ4v) is 3.03. The van der Waals surface area contributed by atoms with Crippen LogP contribution in [0.3, 0.4) is 0 Å². The third-order valence-electron chi connectivity index (χ3n) is 1.71. The molecule has 66 valence electrons. The average Bonchev–Trinajstić information content (AvgIpc) is 2.06. The van der Waals surface area contributed by atoms with Crippen LogP contribution in [0.2, 0.25) is 4.82 Å². The first-order chi connectivity index (χ1) is 5.70. The van der Waals surface area contributed by atoms with Crippen LogP contribution in [0.1, 0.15) is 13.8 Å². The second-order valence-corrected chi connectivity index (χ2v) is 6.55. The number of hydrogen-bond acceptors (Lipinski definition) is 0. The predicted octanol–water partition coefficient (Wildman–Crippen LogP) is 2.45. The molecule has 2 heteroatoms. The molecule has 0 heterocycles. The Kier molecular flexibility index (Phi) is 4.14. The molecule has 0 spiro atoms. The first-order valence-electron chi connectivity index (χ1n) is 4.06. The molecule has 2 atom stereocenters. The van der Waals surface area contributed by atoms with Crippen molar-refractivity contribution in [1.29, 1.82) is 0 Å². The maximum atomic E-state index is 5.99. The number of benzene rings is 1. The van der Waals surface area contributed by atoms with Crippen LogP contribution in [0, 0.1) is 0 Å². The molecule has 0 unspecified atom stereocenters. The summed E-state index contributed by atoms with van der Waals surface area (Å²) in [5.41, 5.74) is 0. The van der Waals surface area contributed by atoms with E-state index in [0.717, 1.165) is 0 Å². The van der Waals surface area contributed by atoms with Crippen LogP contribution in [-0.4, -0.2) is 20.3 Å². The van der Waals surface area contributed by atoms with E-state index in [2.05, 4.69) is 38.1 Å². The van der Waals surface area contributed by atoms with Crippen LogP contribution < -0.4 is 4.46 Å². The summed E-state index contributed by atoms with van der Waals surface area (Å²) < 4.78 is 1.44. The van der Waals surface area contributed by atoms with E-state index >= 15 is 0 Å². The molecule has 0 fully saturated rings. The number of halogens is 1. The summed E-state index contributed by atoms with van der Waals surface area (Å²) in [5, 5.41) is 0.283. The molecule has 0 saturated carbocycles. The fourth-order valence-electron chi connectivity index (χ4n) is 0.807. The average molecular weight is 248 g/mol. The van der Waals surface area contributed by atoms with E-state index in [-0.39, 0.29) is 5.38 Å². The minimum atomic E-state index is 0.283. The molecule has 12 heavy (non-hydrogen) atoms. The van der Waals surface area contributed by atoms with Crippen LogP contribution in [0.25, 0.3) is 0 Å². The van der Waals surface area contributed by atoms with E-state index in [0.29, 0.717) is 19.8 Å². The summed E-state index contributed by atoms with van der Waals surface area (Å²) >= 11 is 6.51. The SMILES string of the molecule is C[C@@H](Cl)[C@@H](C)[Se]c1ccccc1. The van der Waals surface area contributed by atoms with Gasteiger partial charge in [-0.15, -0.1) is 0 Å². The molecule has 0 N–H and O–H groups in total. The number of rotatable bonds is 3. The minimum absolute atomic E-state index is 0.283. The number of hydrogen-bond donors (Lipinski definition) is 0. The normalized spacial score (nSPS) is 15.6. The van der Waals surface area contributed by atoms with Crippen LogP contribution in [-0.2, 0) is 0 Å². The van der Waals surface area contributed by atoms with Crippen molar-refractivity contribution in [1.82, 2.24) is 0 Å². The predicted molar refractivity (Wildman–Crippen MR) is 56.6 cm³/mol. The van der Waals surface area contributed by atoms with Gasteiger partial charge in [0, 0.05) is 0 Å². The molecule has 0 aliphatic heterocycles. The van der Waals surface area contributed by atoms with E-state index in [9.17, 15) is 0 Å². The molecule has 1 rings (SSSR count). The Morgan fingerprint density at radius 2 is 1.75 bits per heavy atom. The summed E-state index contributed by atoms with van der Waals surface area (Å²) in [4.78, 5) is 0.613. The van der Waals surface area contributed by atoms with E-state index in [1.54, 1.807) is 0 Å². The van der Waals surface area contributed by atoms with Gasteiger partial charge in [-0.2, -0.15) is 0 Å². The van der Waals surface area contributed by atoms with Gasteiger partial charge in [-0.05, 0) is 0 Å². The molecule has 0 nitrogen and oxygen atoms in total. The standard InChI is InChI=1S/C10H13ClSe/c1-8(11)9(2)12-10-6-4-3-5-7-10/h3-9H,1-2H3/t8-,9-/m1/s1. The van der Waals surface area contributed by atoms with E-state index < -0.39 is 0 Å². The van der Waals surface area contributed by atoms with Crippen LogP contribution in [0.5, 0.6) is 0 Å². The van der Waals surface area contributed by atoms with Crippen molar-refractivity contribution in [2.75, 3.05) is 0 Å². The third-order valence-corrected chi connectivity index (χ3v) is 5.21. The van der Waals surface area contributed by atoms with Crippen molar-refractivity contribution in [2.24, 2.45) is 0 Å². The Bertz CT molecular complexity index is 221. The van der Waals surface area contributed by atoms with E-state index in [4.69, 9.17) is 11.6 Å². The van der Waals surface area contributed by atoms with Gasteiger partial charge >= 0.3 is 85.4 Å². The Balaban J connectivity index is 2.53. The van der Waals surface area contributed by atoms with Crippen molar-refractivity contribution in [3.8, 4) is 0 Å². The van der Waals surface area contributed by atoms with Crippen molar-refractivity contribution < 1.29 is 0 Å². The molecular weight excluding hydrogens is 235 g/mol. The summed E-state index contributed by atoms with van der Waals surface area (Å²) in [6.45, 7) is 4.28. The second-order valence-electron chi connectivity index (χ2n) is 2.81. The molecule has 0 saturated heterocycles. The Morgan fingerprint density at radius 3 is 2.25 bits per heavy atom. The van der Waals surface area contributed by atoms with Gasteiger partial charge in [0.1, 0.15) is 0 Å². The van der Waals surface area contributed by atoms with Gasteiger partial charge in [0.15, 0.2) is 0 Å². The fraction of sp³-hybridized carbons (Fsp3) is 0.400. The molecule has 0 radical (unpaired) electrons. The topological polar surface area (TPSA) is 0 Å². The molecule has 0 amide bonds. The zero-order valence-corrected chi connectivity index (χ0v) is 9.80. The van der Waals surface area contributed by atoms with Gasteiger partial charge in [0.2, 0.25) is 0 Å². The Labute approximate surface area is 85.5 Å². The molecule has 1 aromatic rings. The first-order valence-corrected chi connectivity index (χ1v) is 6.34. The van der Waals surface area contributed by atoms with Crippen LogP contribution in [0.4, 0.5) is 0 Å². The van der Waals surface area contributed by atoms with Crippen LogP contribution >= 0.6 is 11.6 Å². The summed E-state index contributed by atoms with van der Waals surface area (Å²) in [7, 11) is 0. The van der Waals surface area contributed by atoms with Gasteiger partial charge in [-0.25, -0.2) is 0 Å². The third kappa shape index (κ3) is 3.18. The van der Waals surface area contributed by atoms with E-state index in [1.165, 1.54) is 4.46 Å². The molecular formula is C10H13ClSe. The molecule has 0 bridgehead atoms. The van der Waals surface area contributed by atoms with Gasteiger partial charge < -0.3 is 0 Å².